The minimum absolute atomic E-state index is 0. The van der Waals surface area contributed by atoms with Crippen LogP contribution < -0.4 is 16.6 Å². The highest BCUT2D eigenvalue weighted by Gasteiger charge is 2.23. The lowest BCUT2D eigenvalue weighted by atomic mass is 10.0. The van der Waals surface area contributed by atoms with Crippen LogP contribution in [0.2, 0.25) is 0 Å². The zero-order valence-corrected chi connectivity index (χ0v) is 23.3. The lowest BCUT2D eigenvalue weighted by molar-refractivity contribution is -0.103. The molecule has 0 spiro atoms. The predicted molar refractivity (Wildman–Crippen MR) is 158 cm³/mol. The second kappa shape index (κ2) is 11.1. The molecular formula is C30H32FN5O3S. The fourth-order valence-electron chi connectivity index (χ4n) is 4.92. The van der Waals surface area contributed by atoms with E-state index < -0.39 is 11.7 Å². The van der Waals surface area contributed by atoms with Crippen molar-refractivity contribution >= 4 is 45.0 Å². The molecule has 3 heterocycles. The first-order chi connectivity index (χ1) is 19.1. The van der Waals surface area contributed by atoms with E-state index >= 15 is 0 Å². The van der Waals surface area contributed by atoms with Crippen LogP contribution in [0.25, 0.3) is 16.3 Å². The molecule has 208 valence electrons. The molecule has 2 aromatic heterocycles. The van der Waals surface area contributed by atoms with Crippen LogP contribution in [0.4, 0.5) is 9.52 Å². The maximum Gasteiger partial charge on any atom is 0.258 e. The lowest BCUT2D eigenvalue weighted by Crippen LogP contribution is -2.35. The topological polar surface area (TPSA) is 110 Å². The van der Waals surface area contributed by atoms with E-state index in [2.05, 4.69) is 29.0 Å². The van der Waals surface area contributed by atoms with Crippen molar-refractivity contribution in [2.45, 2.75) is 46.3 Å². The summed E-state index contributed by atoms with van der Waals surface area (Å²) in [4.78, 5) is 45.8. The second-order valence-corrected chi connectivity index (χ2v) is 11.4. The fraction of sp³-hybridized carbons (Fsp3) is 0.267. The number of carbonyl (C=O) groups is 2. The summed E-state index contributed by atoms with van der Waals surface area (Å²) in [5.74, 6) is -1.03. The van der Waals surface area contributed by atoms with E-state index in [0.29, 0.717) is 50.6 Å². The molecule has 8 nitrogen and oxygen atoms in total. The van der Waals surface area contributed by atoms with Crippen LogP contribution in [0.5, 0.6) is 0 Å². The van der Waals surface area contributed by atoms with Gasteiger partial charge in [-0.1, -0.05) is 6.07 Å². The quantitative estimate of drug-likeness (QED) is 0.248. The normalized spacial score (nSPS) is 14.2. The van der Waals surface area contributed by atoms with Gasteiger partial charge in [-0.15, -0.1) is 11.3 Å². The Labute approximate surface area is 236 Å². The molecule has 5 rings (SSSR count). The van der Waals surface area contributed by atoms with Gasteiger partial charge in [0.15, 0.2) is 11.4 Å². The first-order valence-corrected chi connectivity index (χ1v) is 13.8. The SMILES string of the molecule is C/C(N)=C(/C=O)c1ccc2c(=O)n(Cc3cc(F)cc(C(=O)Nc4nc5c(s4)CCN(C(C)C)C5)c3)ccc2c1.[HH]. The first kappa shape index (κ1) is 27.4. The summed E-state index contributed by atoms with van der Waals surface area (Å²) < 4.78 is 16.0. The number of nitrogens with two attached hydrogens (primary N) is 1. The number of anilines is 1. The number of allylic oxidation sites excluding steroid dienone is 2. The number of fused-ring (bicyclic) bond motifs is 2. The van der Waals surface area contributed by atoms with Crippen LogP contribution in [0, 0.1) is 5.82 Å². The van der Waals surface area contributed by atoms with Crippen molar-refractivity contribution in [2.75, 3.05) is 11.9 Å². The second-order valence-electron chi connectivity index (χ2n) is 10.3. The molecule has 3 N–H and O–H groups in total. The maximum atomic E-state index is 14.6. The van der Waals surface area contributed by atoms with Gasteiger partial charge in [-0.2, -0.15) is 0 Å². The van der Waals surface area contributed by atoms with Crippen molar-refractivity contribution in [3.8, 4) is 0 Å². The van der Waals surface area contributed by atoms with E-state index in [1.54, 1.807) is 43.5 Å². The van der Waals surface area contributed by atoms with Crippen molar-refractivity contribution < 1.29 is 15.4 Å². The van der Waals surface area contributed by atoms with Crippen molar-refractivity contribution in [1.82, 2.24) is 14.5 Å². The summed E-state index contributed by atoms with van der Waals surface area (Å²) in [5.41, 5.74) is 8.51. The minimum atomic E-state index is -0.572. The molecule has 0 saturated carbocycles. The predicted octanol–water partition coefficient (Wildman–Crippen LogP) is 4.80. The molecule has 0 atom stereocenters. The van der Waals surface area contributed by atoms with Gasteiger partial charge in [0.2, 0.25) is 0 Å². The molecular weight excluding hydrogens is 529 g/mol. The number of hydrogen-bond donors (Lipinski definition) is 2. The zero-order chi connectivity index (χ0) is 28.6. The number of aldehydes is 1. The Balaban J connectivity index is 0.00000387. The van der Waals surface area contributed by atoms with Crippen LogP contribution in [-0.2, 0) is 24.3 Å². The number of pyridine rings is 1. The number of aromatic nitrogens is 2. The number of halogens is 1. The minimum Gasteiger partial charge on any atom is -0.402 e. The van der Waals surface area contributed by atoms with Gasteiger partial charge in [-0.3, -0.25) is 24.6 Å². The van der Waals surface area contributed by atoms with Crippen LogP contribution in [0.1, 0.15) is 54.3 Å². The summed E-state index contributed by atoms with van der Waals surface area (Å²) in [6, 6.07) is 11.3. The maximum absolute atomic E-state index is 14.6. The molecule has 1 aliphatic heterocycles. The Kier molecular flexibility index (Phi) is 7.64. The molecule has 0 unspecified atom stereocenters. The molecule has 1 aliphatic rings. The average Bonchev–Trinajstić information content (AvgIpc) is 3.31. The lowest BCUT2D eigenvalue weighted by Gasteiger charge is -2.29. The van der Waals surface area contributed by atoms with Gasteiger partial charge in [0, 0.05) is 53.9 Å². The third-order valence-corrected chi connectivity index (χ3v) is 8.18. The largest absolute Gasteiger partial charge is 0.402 e. The first-order valence-electron chi connectivity index (χ1n) is 13.0. The van der Waals surface area contributed by atoms with E-state index in [9.17, 15) is 18.8 Å². The van der Waals surface area contributed by atoms with Gasteiger partial charge >= 0.3 is 0 Å². The highest BCUT2D eigenvalue weighted by atomic mass is 32.1. The fourth-order valence-corrected chi connectivity index (χ4v) is 5.87. The van der Waals surface area contributed by atoms with Crippen molar-refractivity contribution in [3.63, 3.8) is 0 Å². The number of nitrogens with zero attached hydrogens (tertiary/aromatic N) is 3. The van der Waals surface area contributed by atoms with Gasteiger partial charge in [0.1, 0.15) is 5.82 Å². The molecule has 40 heavy (non-hydrogen) atoms. The third kappa shape index (κ3) is 5.59. The van der Waals surface area contributed by atoms with Gasteiger partial charge in [-0.25, -0.2) is 9.37 Å². The molecule has 0 bridgehead atoms. The number of nitrogens with one attached hydrogen (secondary N) is 1. The van der Waals surface area contributed by atoms with Crippen LogP contribution in [-0.4, -0.2) is 39.2 Å². The highest BCUT2D eigenvalue weighted by molar-refractivity contribution is 7.15. The van der Waals surface area contributed by atoms with Crippen LogP contribution >= 0.6 is 11.3 Å². The number of thiazole rings is 1. The van der Waals surface area contributed by atoms with Gasteiger partial charge in [-0.05, 0) is 80.1 Å². The van der Waals surface area contributed by atoms with Gasteiger partial charge in [0.05, 0.1) is 12.2 Å². The molecule has 0 radical (unpaired) electrons. The third-order valence-electron chi connectivity index (χ3n) is 7.11. The van der Waals surface area contributed by atoms with E-state index in [1.807, 2.05) is 0 Å². The van der Waals surface area contributed by atoms with E-state index in [0.717, 1.165) is 30.1 Å². The summed E-state index contributed by atoms with van der Waals surface area (Å²) in [6.07, 6.45) is 3.19. The van der Waals surface area contributed by atoms with E-state index in [-0.39, 0.29) is 19.1 Å². The highest BCUT2D eigenvalue weighted by Crippen LogP contribution is 2.29. The van der Waals surface area contributed by atoms with E-state index in [4.69, 9.17) is 5.73 Å². The number of hydrogen-bond acceptors (Lipinski definition) is 7. The number of carbonyl (C=O) groups excluding carboxylic acids is 2. The summed E-state index contributed by atoms with van der Waals surface area (Å²) >= 11 is 1.45. The summed E-state index contributed by atoms with van der Waals surface area (Å²) in [6.45, 7) is 7.71. The number of rotatable bonds is 7. The Morgan fingerprint density at radius 2 is 2.02 bits per heavy atom. The van der Waals surface area contributed by atoms with Crippen LogP contribution in [0.3, 0.4) is 0 Å². The molecule has 0 saturated heterocycles. The Morgan fingerprint density at radius 1 is 1.23 bits per heavy atom. The standard InChI is InChI=1S/C30H30FN5O3S.H2/c1-17(2)35-9-7-27-26(15-35)33-30(40-27)34-28(38)22-10-19(11-23(31)13-22)14-36-8-6-21-12-20(25(16-37)18(3)32)4-5-24(21)29(36)39;/h4-6,8,10-13,16-17H,7,9,14-15,32H2,1-3H3,(H,33,34,38);1H/b25-18+;. The molecule has 1 amide bonds. The number of amides is 1. The van der Waals surface area contributed by atoms with Crippen LogP contribution in [0.15, 0.2) is 59.2 Å². The van der Waals surface area contributed by atoms with Crippen molar-refractivity contribution in [1.29, 1.82) is 0 Å². The molecule has 4 aromatic rings. The van der Waals surface area contributed by atoms with Crippen molar-refractivity contribution in [2.24, 2.45) is 5.73 Å². The molecule has 0 fully saturated rings. The number of benzene rings is 2. The molecule has 2 aromatic carbocycles. The summed E-state index contributed by atoms with van der Waals surface area (Å²) in [7, 11) is 0. The van der Waals surface area contributed by atoms with Gasteiger partial charge < -0.3 is 10.3 Å². The Morgan fingerprint density at radius 3 is 2.75 bits per heavy atom. The van der Waals surface area contributed by atoms with E-state index in [1.165, 1.54) is 28.0 Å². The summed E-state index contributed by atoms with van der Waals surface area (Å²) in [5, 5.41) is 4.41. The average molecular weight is 562 g/mol. The monoisotopic (exact) mass is 561 g/mol. The zero-order valence-electron chi connectivity index (χ0n) is 22.5. The molecule has 0 aliphatic carbocycles. The molecule has 10 heteroatoms. The van der Waals surface area contributed by atoms with Crippen molar-refractivity contribution in [3.05, 3.63) is 97.8 Å². The smallest absolute Gasteiger partial charge is 0.258 e. The Bertz CT molecular complexity index is 1730. The Hall–Kier alpha value is -4.15. The van der Waals surface area contributed by atoms with Gasteiger partial charge in [0.25, 0.3) is 11.5 Å².